The molecule has 2 aliphatic carbocycles. The van der Waals surface area contributed by atoms with Crippen molar-refractivity contribution in [2.24, 2.45) is 30.5 Å². The number of carbonyl (C=O) groups is 1. The normalized spacial score (nSPS) is 31.7. The smallest absolute Gasteiger partial charge is 0.225 e. The molecule has 26 heavy (non-hydrogen) atoms. The lowest BCUT2D eigenvalue weighted by atomic mass is 9.65. The molecule has 2 atom stereocenters. The van der Waals surface area contributed by atoms with Gasteiger partial charge in [-0.05, 0) is 56.4 Å². The molecule has 1 amide bonds. The van der Waals surface area contributed by atoms with E-state index in [1.165, 1.54) is 25.0 Å². The third kappa shape index (κ3) is 4.05. The van der Waals surface area contributed by atoms with Crippen molar-refractivity contribution in [2.75, 3.05) is 13.1 Å². The van der Waals surface area contributed by atoms with Crippen LogP contribution < -0.4 is 5.73 Å². The molecule has 3 aliphatic rings. The van der Waals surface area contributed by atoms with Crippen molar-refractivity contribution in [3.05, 3.63) is 18.0 Å². The van der Waals surface area contributed by atoms with Gasteiger partial charge >= 0.3 is 0 Å². The summed E-state index contributed by atoms with van der Waals surface area (Å²) < 4.78 is 1.98. The number of halogens is 2. The van der Waals surface area contributed by atoms with Gasteiger partial charge in [-0.1, -0.05) is 6.42 Å². The zero-order chi connectivity index (χ0) is 16.7. The molecule has 0 aromatic carbocycles. The Morgan fingerprint density at radius 1 is 1.12 bits per heavy atom. The van der Waals surface area contributed by atoms with Gasteiger partial charge in [-0.15, -0.1) is 24.8 Å². The van der Waals surface area contributed by atoms with E-state index < -0.39 is 0 Å². The van der Waals surface area contributed by atoms with Crippen molar-refractivity contribution >= 4 is 30.7 Å². The van der Waals surface area contributed by atoms with Crippen molar-refractivity contribution in [3.63, 3.8) is 0 Å². The number of amides is 1. The van der Waals surface area contributed by atoms with E-state index in [0.29, 0.717) is 29.7 Å². The molecule has 0 radical (unpaired) electrons. The Balaban J connectivity index is 0.00000121. The molecule has 1 aromatic heterocycles. The van der Waals surface area contributed by atoms with Crippen molar-refractivity contribution in [2.45, 2.75) is 56.9 Å². The molecule has 0 spiro atoms. The van der Waals surface area contributed by atoms with Gasteiger partial charge in [0.05, 0.1) is 0 Å². The lowest BCUT2D eigenvalue weighted by Gasteiger charge is -2.45. The number of hydrogen-bond acceptors (Lipinski definition) is 3. The molecular weight excluding hydrogens is 371 g/mol. The molecule has 148 valence electrons. The second-order valence-corrected chi connectivity index (χ2v) is 8.18. The molecule has 7 heteroatoms. The van der Waals surface area contributed by atoms with E-state index >= 15 is 0 Å². The zero-order valence-electron chi connectivity index (χ0n) is 15.5. The quantitative estimate of drug-likeness (QED) is 0.825. The second-order valence-electron chi connectivity index (χ2n) is 8.18. The molecule has 4 rings (SSSR count). The lowest BCUT2D eigenvalue weighted by molar-refractivity contribution is -0.139. The van der Waals surface area contributed by atoms with Gasteiger partial charge < -0.3 is 10.6 Å². The number of fused-ring (bicyclic) bond motifs is 2. The number of carbonyl (C=O) groups excluding carboxylic acids is 1. The largest absolute Gasteiger partial charge is 0.342 e. The van der Waals surface area contributed by atoms with Crippen molar-refractivity contribution in [3.8, 4) is 0 Å². The fraction of sp³-hybridized carbons (Fsp3) is 0.789. The Morgan fingerprint density at radius 2 is 1.73 bits per heavy atom. The summed E-state index contributed by atoms with van der Waals surface area (Å²) in [5.74, 6) is 2.34. The highest BCUT2D eigenvalue weighted by molar-refractivity contribution is 5.85. The highest BCUT2D eigenvalue weighted by Crippen LogP contribution is 2.42. The van der Waals surface area contributed by atoms with Gasteiger partial charge in [0, 0.05) is 49.9 Å². The fourth-order valence-corrected chi connectivity index (χ4v) is 5.43. The van der Waals surface area contributed by atoms with Crippen LogP contribution in [0.5, 0.6) is 0 Å². The van der Waals surface area contributed by atoms with E-state index in [0.717, 1.165) is 38.8 Å². The third-order valence-electron chi connectivity index (χ3n) is 6.85. The molecule has 2 bridgehead atoms. The standard InChI is InChI=1S/C19H30N4O.2ClH/c1-22-17(5-8-21-22)13-6-9-23(10-7-13)19(24)16-11-14-3-2-4-15(12-16)18(14)20;;/h5,8,13-16,18H,2-4,6-7,9-12,20H2,1H3;2*1H. The van der Waals surface area contributed by atoms with Crippen molar-refractivity contribution in [1.29, 1.82) is 0 Å². The van der Waals surface area contributed by atoms with Crippen LogP contribution >= 0.6 is 24.8 Å². The summed E-state index contributed by atoms with van der Waals surface area (Å²) >= 11 is 0. The molecule has 1 aromatic rings. The highest BCUT2D eigenvalue weighted by atomic mass is 35.5. The first kappa shape index (κ1) is 21.5. The van der Waals surface area contributed by atoms with Crippen LogP contribution in [-0.4, -0.2) is 39.7 Å². The third-order valence-corrected chi connectivity index (χ3v) is 6.85. The van der Waals surface area contributed by atoms with E-state index in [1.54, 1.807) is 0 Å². The minimum Gasteiger partial charge on any atom is -0.342 e. The maximum atomic E-state index is 13.0. The Labute approximate surface area is 168 Å². The van der Waals surface area contributed by atoms with Crippen LogP contribution in [0.15, 0.2) is 12.3 Å². The van der Waals surface area contributed by atoms with Gasteiger partial charge in [0.2, 0.25) is 5.91 Å². The van der Waals surface area contributed by atoms with Gasteiger partial charge in [0.15, 0.2) is 0 Å². The minimum atomic E-state index is 0. The minimum absolute atomic E-state index is 0. The molecule has 2 N–H and O–H groups in total. The van der Waals surface area contributed by atoms with Crippen LogP contribution in [0.25, 0.3) is 0 Å². The number of piperidine rings is 1. The van der Waals surface area contributed by atoms with Gasteiger partial charge in [0.25, 0.3) is 0 Å². The maximum absolute atomic E-state index is 13.0. The first-order chi connectivity index (χ1) is 11.6. The van der Waals surface area contributed by atoms with Crippen LogP contribution in [0.1, 0.15) is 56.6 Å². The number of rotatable bonds is 2. The number of aryl methyl sites for hydroxylation is 1. The summed E-state index contributed by atoms with van der Waals surface area (Å²) in [5.41, 5.74) is 7.68. The maximum Gasteiger partial charge on any atom is 0.225 e. The Kier molecular flexibility index (Phi) is 7.40. The molecular formula is C19H32Cl2N4O. The van der Waals surface area contributed by atoms with Crippen LogP contribution in [-0.2, 0) is 11.8 Å². The van der Waals surface area contributed by atoms with Gasteiger partial charge in [-0.3, -0.25) is 9.48 Å². The van der Waals surface area contributed by atoms with Crippen molar-refractivity contribution in [1.82, 2.24) is 14.7 Å². The van der Waals surface area contributed by atoms with Crippen LogP contribution in [0.4, 0.5) is 0 Å². The molecule has 3 fully saturated rings. The molecule has 1 saturated heterocycles. The van der Waals surface area contributed by atoms with E-state index in [2.05, 4.69) is 16.1 Å². The number of nitrogens with zero attached hydrogens (tertiary/aromatic N) is 3. The molecule has 1 aliphatic heterocycles. The number of likely N-dealkylation sites (tertiary alicyclic amines) is 1. The number of nitrogens with two attached hydrogens (primary N) is 1. The fourth-order valence-electron chi connectivity index (χ4n) is 5.43. The van der Waals surface area contributed by atoms with Crippen LogP contribution in [0.3, 0.4) is 0 Å². The number of aromatic nitrogens is 2. The topological polar surface area (TPSA) is 64.2 Å². The summed E-state index contributed by atoms with van der Waals surface area (Å²) in [4.78, 5) is 15.1. The first-order valence-electron chi connectivity index (χ1n) is 9.65. The van der Waals surface area contributed by atoms with Gasteiger partial charge in [-0.2, -0.15) is 5.10 Å². The monoisotopic (exact) mass is 402 g/mol. The average molecular weight is 403 g/mol. The first-order valence-corrected chi connectivity index (χ1v) is 9.65. The summed E-state index contributed by atoms with van der Waals surface area (Å²) in [7, 11) is 2.01. The van der Waals surface area contributed by atoms with Gasteiger partial charge in [-0.25, -0.2) is 0 Å². The lowest BCUT2D eigenvalue weighted by Crippen LogP contribution is -2.50. The predicted molar refractivity (Wildman–Crippen MR) is 108 cm³/mol. The Hall–Kier alpha value is -0.780. The summed E-state index contributed by atoms with van der Waals surface area (Å²) in [6.45, 7) is 1.79. The van der Waals surface area contributed by atoms with Crippen molar-refractivity contribution < 1.29 is 4.79 Å². The summed E-state index contributed by atoms with van der Waals surface area (Å²) in [6.07, 6.45) is 9.80. The Bertz CT molecular complexity index is 586. The molecule has 2 unspecified atom stereocenters. The SMILES string of the molecule is Cl.Cl.Cn1nccc1C1CCN(C(=O)C2CC3CCCC(C2)C3N)CC1. The van der Waals surface area contributed by atoms with Gasteiger partial charge in [0.1, 0.15) is 0 Å². The average Bonchev–Trinajstić information content (AvgIpc) is 3.00. The van der Waals surface area contributed by atoms with E-state index in [4.69, 9.17) is 5.73 Å². The predicted octanol–water partition coefficient (Wildman–Crippen LogP) is 3.12. The van der Waals surface area contributed by atoms with E-state index in [1.807, 2.05) is 17.9 Å². The summed E-state index contributed by atoms with van der Waals surface area (Å²) in [5, 5.41) is 4.28. The molecule has 2 saturated carbocycles. The van der Waals surface area contributed by atoms with Crippen LogP contribution in [0.2, 0.25) is 0 Å². The van der Waals surface area contributed by atoms with Crippen LogP contribution in [0, 0.1) is 17.8 Å². The van der Waals surface area contributed by atoms with E-state index in [9.17, 15) is 4.79 Å². The Morgan fingerprint density at radius 3 is 2.27 bits per heavy atom. The number of hydrogen-bond donors (Lipinski definition) is 1. The molecule has 2 heterocycles. The van der Waals surface area contributed by atoms with E-state index in [-0.39, 0.29) is 30.7 Å². The summed E-state index contributed by atoms with van der Waals surface area (Å²) in [6, 6.07) is 2.46. The zero-order valence-corrected chi connectivity index (χ0v) is 17.2. The molecule has 5 nitrogen and oxygen atoms in total. The second kappa shape index (κ2) is 8.94. The highest BCUT2D eigenvalue weighted by Gasteiger charge is 2.42.